The molecule has 0 spiro atoms. The second-order valence-electron chi connectivity index (χ2n) is 5.29. The standard InChI is InChI=1S/C15H25NO/c1-7-8-14(17)16-11-12(2)9-10-13(3)15(4,5)6/h9-10H,2-3,7-8,11H2,1,4-6H3,(H,16,17)/b10-9-. The van der Waals surface area contributed by atoms with E-state index < -0.39 is 0 Å². The molecule has 2 heteroatoms. The number of nitrogens with one attached hydrogen (secondary N) is 1. The van der Waals surface area contributed by atoms with E-state index in [1.807, 2.05) is 19.1 Å². The van der Waals surface area contributed by atoms with Gasteiger partial charge in [0.1, 0.15) is 0 Å². The highest BCUT2D eigenvalue weighted by molar-refractivity contribution is 5.76. The number of rotatable bonds is 6. The Morgan fingerprint density at radius 1 is 1.24 bits per heavy atom. The Morgan fingerprint density at radius 3 is 2.29 bits per heavy atom. The first-order valence-corrected chi connectivity index (χ1v) is 6.09. The third-order valence-corrected chi connectivity index (χ3v) is 2.47. The van der Waals surface area contributed by atoms with Crippen molar-refractivity contribution in [3.05, 3.63) is 36.5 Å². The molecule has 0 aliphatic carbocycles. The van der Waals surface area contributed by atoms with Crippen LogP contribution >= 0.6 is 0 Å². The maximum absolute atomic E-state index is 11.3. The molecule has 0 saturated heterocycles. The van der Waals surface area contributed by atoms with Crippen LogP contribution in [0.2, 0.25) is 0 Å². The Labute approximate surface area is 105 Å². The normalized spacial score (nSPS) is 11.5. The van der Waals surface area contributed by atoms with Crippen LogP contribution < -0.4 is 5.32 Å². The van der Waals surface area contributed by atoms with Gasteiger partial charge >= 0.3 is 0 Å². The molecule has 1 amide bonds. The van der Waals surface area contributed by atoms with Gasteiger partial charge in [0.2, 0.25) is 5.91 Å². The highest BCUT2D eigenvalue weighted by Gasteiger charge is 2.11. The van der Waals surface area contributed by atoms with E-state index in [1.54, 1.807) is 0 Å². The maximum Gasteiger partial charge on any atom is 0.220 e. The van der Waals surface area contributed by atoms with Crippen molar-refractivity contribution in [2.24, 2.45) is 5.41 Å². The fourth-order valence-electron chi connectivity index (χ4n) is 1.05. The fourth-order valence-corrected chi connectivity index (χ4v) is 1.05. The Morgan fingerprint density at radius 2 is 1.82 bits per heavy atom. The van der Waals surface area contributed by atoms with Crippen LogP contribution in [0.15, 0.2) is 36.5 Å². The highest BCUT2D eigenvalue weighted by atomic mass is 16.1. The van der Waals surface area contributed by atoms with Crippen molar-refractivity contribution < 1.29 is 4.79 Å². The third kappa shape index (κ3) is 7.56. The first-order chi connectivity index (χ1) is 7.77. The number of allylic oxidation sites excluding steroid dienone is 2. The molecule has 0 unspecified atom stereocenters. The molecular weight excluding hydrogens is 210 g/mol. The lowest BCUT2D eigenvalue weighted by molar-refractivity contribution is -0.120. The number of hydrogen-bond donors (Lipinski definition) is 1. The van der Waals surface area contributed by atoms with Gasteiger partial charge in [0.15, 0.2) is 0 Å². The molecule has 0 aromatic rings. The Bertz CT molecular complexity index is 318. The minimum atomic E-state index is 0.0717. The Balaban J connectivity index is 4.07. The lowest BCUT2D eigenvalue weighted by Gasteiger charge is -2.18. The monoisotopic (exact) mass is 235 g/mol. The molecule has 0 saturated carbocycles. The van der Waals surface area contributed by atoms with Crippen LogP contribution in [0.3, 0.4) is 0 Å². The molecule has 0 rings (SSSR count). The third-order valence-electron chi connectivity index (χ3n) is 2.47. The van der Waals surface area contributed by atoms with Crippen LogP contribution in [0, 0.1) is 5.41 Å². The molecule has 0 heterocycles. The van der Waals surface area contributed by atoms with E-state index in [-0.39, 0.29) is 11.3 Å². The van der Waals surface area contributed by atoms with E-state index in [9.17, 15) is 4.79 Å². The van der Waals surface area contributed by atoms with Gasteiger partial charge in [-0.2, -0.15) is 0 Å². The maximum atomic E-state index is 11.3. The van der Waals surface area contributed by atoms with Gasteiger partial charge in [-0.1, -0.05) is 53.0 Å². The summed E-state index contributed by atoms with van der Waals surface area (Å²) in [5.74, 6) is 0.0803. The van der Waals surface area contributed by atoms with Gasteiger partial charge in [-0.05, 0) is 23.0 Å². The zero-order valence-electron chi connectivity index (χ0n) is 11.6. The lowest BCUT2D eigenvalue weighted by Crippen LogP contribution is -2.24. The van der Waals surface area contributed by atoms with E-state index in [0.29, 0.717) is 13.0 Å². The average Bonchev–Trinajstić information content (AvgIpc) is 2.22. The number of amides is 1. The molecule has 17 heavy (non-hydrogen) atoms. The summed E-state index contributed by atoms with van der Waals surface area (Å²) in [7, 11) is 0. The van der Waals surface area contributed by atoms with Crippen LogP contribution in [0.5, 0.6) is 0 Å². The van der Waals surface area contributed by atoms with Crippen LogP contribution in [0.4, 0.5) is 0 Å². The fraction of sp³-hybridized carbons (Fsp3) is 0.533. The van der Waals surface area contributed by atoms with E-state index in [0.717, 1.165) is 17.6 Å². The first-order valence-electron chi connectivity index (χ1n) is 6.09. The van der Waals surface area contributed by atoms with Crippen LogP contribution in [-0.4, -0.2) is 12.5 Å². The Kier molecular flexibility index (Phi) is 6.55. The number of hydrogen-bond acceptors (Lipinski definition) is 1. The van der Waals surface area contributed by atoms with Crippen molar-refractivity contribution in [1.29, 1.82) is 0 Å². The summed E-state index contributed by atoms with van der Waals surface area (Å²) in [4.78, 5) is 11.3. The van der Waals surface area contributed by atoms with Crippen molar-refractivity contribution in [2.45, 2.75) is 40.5 Å². The van der Waals surface area contributed by atoms with Gasteiger partial charge < -0.3 is 5.32 Å². The summed E-state index contributed by atoms with van der Waals surface area (Å²) in [6.45, 7) is 16.7. The van der Waals surface area contributed by atoms with Crippen molar-refractivity contribution >= 4 is 5.91 Å². The van der Waals surface area contributed by atoms with Gasteiger partial charge in [-0.25, -0.2) is 0 Å². The summed E-state index contributed by atoms with van der Waals surface area (Å²) in [5.41, 5.74) is 2.01. The molecule has 0 fully saturated rings. The molecule has 96 valence electrons. The number of carbonyl (C=O) groups is 1. The minimum absolute atomic E-state index is 0.0717. The lowest BCUT2D eigenvalue weighted by atomic mass is 9.87. The molecule has 0 aromatic heterocycles. The average molecular weight is 235 g/mol. The van der Waals surface area contributed by atoms with Crippen LogP contribution in [-0.2, 0) is 4.79 Å². The highest BCUT2D eigenvalue weighted by Crippen LogP contribution is 2.24. The molecule has 0 aliphatic heterocycles. The summed E-state index contributed by atoms with van der Waals surface area (Å²) < 4.78 is 0. The molecular formula is C15H25NO. The van der Waals surface area contributed by atoms with E-state index in [4.69, 9.17) is 0 Å². The van der Waals surface area contributed by atoms with Crippen molar-refractivity contribution in [3.8, 4) is 0 Å². The molecule has 2 nitrogen and oxygen atoms in total. The summed E-state index contributed by atoms with van der Waals surface area (Å²) in [6.07, 6.45) is 5.33. The van der Waals surface area contributed by atoms with Gasteiger partial charge in [0.05, 0.1) is 0 Å². The van der Waals surface area contributed by atoms with E-state index in [2.05, 4.69) is 39.2 Å². The quantitative estimate of drug-likeness (QED) is 0.700. The van der Waals surface area contributed by atoms with Gasteiger partial charge in [-0.3, -0.25) is 4.79 Å². The zero-order chi connectivity index (χ0) is 13.5. The zero-order valence-corrected chi connectivity index (χ0v) is 11.6. The van der Waals surface area contributed by atoms with Gasteiger partial charge in [0, 0.05) is 13.0 Å². The summed E-state index contributed by atoms with van der Waals surface area (Å²) >= 11 is 0. The minimum Gasteiger partial charge on any atom is -0.352 e. The van der Waals surface area contributed by atoms with Gasteiger partial charge in [-0.15, -0.1) is 0 Å². The van der Waals surface area contributed by atoms with Crippen LogP contribution in [0.1, 0.15) is 40.5 Å². The largest absolute Gasteiger partial charge is 0.352 e. The van der Waals surface area contributed by atoms with Crippen molar-refractivity contribution in [2.75, 3.05) is 6.54 Å². The molecule has 0 atom stereocenters. The first kappa shape index (κ1) is 15.7. The van der Waals surface area contributed by atoms with Crippen molar-refractivity contribution in [3.63, 3.8) is 0 Å². The van der Waals surface area contributed by atoms with E-state index >= 15 is 0 Å². The molecule has 0 bridgehead atoms. The van der Waals surface area contributed by atoms with E-state index in [1.165, 1.54) is 0 Å². The topological polar surface area (TPSA) is 29.1 Å². The predicted molar refractivity (Wildman–Crippen MR) is 74.8 cm³/mol. The smallest absolute Gasteiger partial charge is 0.220 e. The predicted octanol–water partition coefficient (Wildman–Crippen LogP) is 3.62. The SMILES string of the molecule is C=C(/C=C\C(=C)C(C)(C)C)CNC(=O)CCC. The Hall–Kier alpha value is -1.31. The molecule has 1 N–H and O–H groups in total. The second-order valence-corrected chi connectivity index (χ2v) is 5.29. The molecule has 0 aromatic carbocycles. The number of carbonyl (C=O) groups excluding carboxylic acids is 1. The summed E-state index contributed by atoms with van der Waals surface area (Å²) in [6, 6.07) is 0. The van der Waals surface area contributed by atoms with Crippen LogP contribution in [0.25, 0.3) is 0 Å². The summed E-state index contributed by atoms with van der Waals surface area (Å²) in [5, 5.41) is 2.83. The molecule has 0 aliphatic rings. The molecule has 0 radical (unpaired) electrons. The second kappa shape index (κ2) is 7.10. The van der Waals surface area contributed by atoms with Crippen molar-refractivity contribution in [1.82, 2.24) is 5.32 Å². The van der Waals surface area contributed by atoms with Gasteiger partial charge in [0.25, 0.3) is 0 Å².